The number of hydrogen-bond acceptors (Lipinski definition) is 3. The molecule has 0 unspecified atom stereocenters. The fourth-order valence-electron chi connectivity index (χ4n) is 1.65. The van der Waals surface area contributed by atoms with Crippen LogP contribution in [0.25, 0.3) is 0 Å². The van der Waals surface area contributed by atoms with Gasteiger partial charge in [-0.25, -0.2) is 0 Å². The molecule has 0 saturated carbocycles. The lowest BCUT2D eigenvalue weighted by Crippen LogP contribution is -2.38. The van der Waals surface area contributed by atoms with Crippen LogP contribution in [0.3, 0.4) is 0 Å². The van der Waals surface area contributed by atoms with Crippen LogP contribution in [0, 0.1) is 0 Å². The highest BCUT2D eigenvalue weighted by molar-refractivity contribution is 7.99. The van der Waals surface area contributed by atoms with Crippen LogP contribution in [-0.4, -0.2) is 35.4 Å². The van der Waals surface area contributed by atoms with Crippen molar-refractivity contribution in [3.05, 3.63) is 28.8 Å². The first-order valence-electron chi connectivity index (χ1n) is 5.11. The Kier molecular flexibility index (Phi) is 3.61. The van der Waals surface area contributed by atoms with Crippen molar-refractivity contribution in [2.24, 2.45) is 0 Å². The predicted octanol–water partition coefficient (Wildman–Crippen LogP) is 2.11. The zero-order chi connectivity index (χ0) is 11.5. The van der Waals surface area contributed by atoms with Crippen molar-refractivity contribution in [2.75, 3.05) is 30.3 Å². The molecule has 1 heterocycles. The summed E-state index contributed by atoms with van der Waals surface area (Å²) in [7, 11) is 0. The summed E-state index contributed by atoms with van der Waals surface area (Å²) in [5.41, 5.74) is 6.65. The molecule has 1 aromatic rings. The summed E-state index contributed by atoms with van der Waals surface area (Å²) >= 11 is 7.90. The maximum absolute atomic E-state index is 12.1. The fraction of sp³-hybridized carbons (Fsp3) is 0.364. The standard InChI is InChI=1S/C11H13ClN2OS/c12-10-8(2-1-3-9(10)13)11(15)14-4-6-16-7-5-14/h1-3H,4-7,13H2. The molecule has 3 nitrogen and oxygen atoms in total. The molecule has 0 atom stereocenters. The second-order valence-corrected chi connectivity index (χ2v) is 5.22. The van der Waals surface area contributed by atoms with Crippen molar-refractivity contribution < 1.29 is 4.79 Å². The summed E-state index contributed by atoms with van der Waals surface area (Å²) in [6.07, 6.45) is 0. The molecular weight excluding hydrogens is 244 g/mol. The molecule has 1 saturated heterocycles. The minimum atomic E-state index is -0.0161. The van der Waals surface area contributed by atoms with Crippen molar-refractivity contribution in [1.29, 1.82) is 0 Å². The highest BCUT2D eigenvalue weighted by Gasteiger charge is 2.20. The maximum Gasteiger partial charge on any atom is 0.255 e. The topological polar surface area (TPSA) is 46.3 Å². The Morgan fingerprint density at radius 3 is 2.75 bits per heavy atom. The van der Waals surface area contributed by atoms with Gasteiger partial charge >= 0.3 is 0 Å². The SMILES string of the molecule is Nc1cccc(C(=O)N2CCSCC2)c1Cl. The molecule has 2 N–H and O–H groups in total. The molecule has 1 aliphatic rings. The highest BCUT2D eigenvalue weighted by atomic mass is 35.5. The number of hydrogen-bond donors (Lipinski definition) is 1. The van der Waals surface area contributed by atoms with Crippen LogP contribution in [0.1, 0.15) is 10.4 Å². The third-order valence-corrected chi connectivity index (χ3v) is 3.92. The Labute approximate surface area is 104 Å². The van der Waals surface area contributed by atoms with Crippen molar-refractivity contribution in [1.82, 2.24) is 4.90 Å². The summed E-state index contributed by atoms with van der Waals surface area (Å²) in [4.78, 5) is 14.0. The highest BCUT2D eigenvalue weighted by Crippen LogP contribution is 2.25. The van der Waals surface area contributed by atoms with Gasteiger partial charge in [0.15, 0.2) is 0 Å². The van der Waals surface area contributed by atoms with E-state index in [4.69, 9.17) is 17.3 Å². The summed E-state index contributed by atoms with van der Waals surface area (Å²) in [6, 6.07) is 5.18. The van der Waals surface area contributed by atoms with Crippen molar-refractivity contribution in [2.45, 2.75) is 0 Å². The molecule has 1 aliphatic heterocycles. The molecular formula is C11H13ClN2OS. The number of carbonyl (C=O) groups excluding carboxylic acids is 1. The van der Waals surface area contributed by atoms with Crippen LogP contribution in [0.15, 0.2) is 18.2 Å². The van der Waals surface area contributed by atoms with Crippen LogP contribution in [0.4, 0.5) is 5.69 Å². The van der Waals surface area contributed by atoms with Gasteiger partial charge < -0.3 is 10.6 Å². The fourth-order valence-corrected chi connectivity index (χ4v) is 2.76. The molecule has 86 valence electrons. The molecule has 1 fully saturated rings. The van der Waals surface area contributed by atoms with E-state index in [1.165, 1.54) is 0 Å². The number of carbonyl (C=O) groups is 1. The van der Waals surface area contributed by atoms with Crippen LogP contribution in [-0.2, 0) is 0 Å². The number of nitrogen functional groups attached to an aromatic ring is 1. The monoisotopic (exact) mass is 256 g/mol. The lowest BCUT2D eigenvalue weighted by Gasteiger charge is -2.26. The first kappa shape index (κ1) is 11.6. The van der Waals surface area contributed by atoms with Gasteiger partial charge in [-0.15, -0.1) is 0 Å². The number of rotatable bonds is 1. The lowest BCUT2D eigenvalue weighted by molar-refractivity contribution is 0.0772. The number of nitrogens with zero attached hydrogens (tertiary/aromatic N) is 1. The van der Waals surface area contributed by atoms with E-state index >= 15 is 0 Å². The quantitative estimate of drug-likeness (QED) is 0.783. The van der Waals surface area contributed by atoms with Gasteiger partial charge in [-0.05, 0) is 12.1 Å². The molecule has 0 spiro atoms. The second kappa shape index (κ2) is 4.97. The molecule has 0 bridgehead atoms. The summed E-state index contributed by atoms with van der Waals surface area (Å²) in [5.74, 6) is 1.97. The summed E-state index contributed by atoms with van der Waals surface area (Å²) in [5, 5.41) is 0.366. The molecule has 1 aromatic carbocycles. The number of benzene rings is 1. The average molecular weight is 257 g/mol. The third kappa shape index (κ3) is 2.28. The van der Waals surface area contributed by atoms with Crippen molar-refractivity contribution in [3.63, 3.8) is 0 Å². The number of amides is 1. The Morgan fingerprint density at radius 1 is 1.38 bits per heavy atom. The van der Waals surface area contributed by atoms with Gasteiger partial charge in [-0.2, -0.15) is 11.8 Å². The minimum Gasteiger partial charge on any atom is -0.398 e. The van der Waals surface area contributed by atoms with Gasteiger partial charge in [0.2, 0.25) is 0 Å². The Hall–Kier alpha value is -0.870. The van der Waals surface area contributed by atoms with Gasteiger partial charge in [-0.3, -0.25) is 4.79 Å². The molecule has 1 amide bonds. The molecule has 16 heavy (non-hydrogen) atoms. The van der Waals surface area contributed by atoms with E-state index in [9.17, 15) is 4.79 Å². The van der Waals surface area contributed by atoms with E-state index < -0.39 is 0 Å². The third-order valence-electron chi connectivity index (χ3n) is 2.56. The zero-order valence-corrected chi connectivity index (χ0v) is 10.4. The lowest BCUT2D eigenvalue weighted by atomic mass is 10.1. The van der Waals surface area contributed by atoms with Gasteiger partial charge in [0.1, 0.15) is 0 Å². The molecule has 0 aliphatic carbocycles. The molecule has 0 radical (unpaired) electrons. The van der Waals surface area contributed by atoms with E-state index in [-0.39, 0.29) is 5.91 Å². The first-order valence-corrected chi connectivity index (χ1v) is 6.64. The van der Waals surface area contributed by atoms with Crippen LogP contribution in [0.5, 0.6) is 0 Å². The van der Waals surface area contributed by atoms with Crippen LogP contribution >= 0.6 is 23.4 Å². The Balaban J connectivity index is 2.22. The maximum atomic E-state index is 12.1. The summed E-state index contributed by atoms with van der Waals surface area (Å²) in [6.45, 7) is 1.57. The average Bonchev–Trinajstić information content (AvgIpc) is 2.33. The predicted molar refractivity (Wildman–Crippen MR) is 69.1 cm³/mol. The molecule has 2 rings (SSSR count). The second-order valence-electron chi connectivity index (χ2n) is 3.61. The largest absolute Gasteiger partial charge is 0.398 e. The Bertz CT molecular complexity index is 405. The normalized spacial score (nSPS) is 16.2. The molecule has 5 heteroatoms. The van der Waals surface area contributed by atoms with E-state index in [0.717, 1.165) is 24.6 Å². The van der Waals surface area contributed by atoms with Crippen LogP contribution in [0.2, 0.25) is 5.02 Å². The number of anilines is 1. The van der Waals surface area contributed by atoms with Gasteiger partial charge in [0.25, 0.3) is 5.91 Å². The van der Waals surface area contributed by atoms with Crippen molar-refractivity contribution >= 4 is 35.0 Å². The zero-order valence-electron chi connectivity index (χ0n) is 8.78. The van der Waals surface area contributed by atoms with Crippen LogP contribution < -0.4 is 5.73 Å². The molecule has 0 aromatic heterocycles. The van der Waals surface area contributed by atoms with E-state index in [0.29, 0.717) is 16.3 Å². The summed E-state index contributed by atoms with van der Waals surface area (Å²) < 4.78 is 0. The number of thioether (sulfide) groups is 1. The van der Waals surface area contributed by atoms with Gasteiger partial charge in [0, 0.05) is 24.6 Å². The minimum absolute atomic E-state index is 0.0161. The van der Waals surface area contributed by atoms with E-state index in [2.05, 4.69) is 0 Å². The van der Waals surface area contributed by atoms with Gasteiger partial charge in [0.05, 0.1) is 16.3 Å². The van der Waals surface area contributed by atoms with E-state index in [1.807, 2.05) is 16.7 Å². The van der Waals surface area contributed by atoms with Crippen molar-refractivity contribution in [3.8, 4) is 0 Å². The van der Waals surface area contributed by atoms with E-state index in [1.54, 1.807) is 18.2 Å². The first-order chi connectivity index (χ1) is 7.70. The smallest absolute Gasteiger partial charge is 0.255 e. The number of nitrogens with two attached hydrogens (primary N) is 1. The Morgan fingerprint density at radius 2 is 2.06 bits per heavy atom. The number of halogens is 1. The van der Waals surface area contributed by atoms with Gasteiger partial charge in [-0.1, -0.05) is 17.7 Å².